The van der Waals surface area contributed by atoms with Crippen molar-refractivity contribution in [1.29, 1.82) is 0 Å². The third-order valence-electron chi connectivity index (χ3n) is 5.10. The molecule has 9 heteroatoms. The van der Waals surface area contributed by atoms with Crippen LogP contribution < -0.4 is 5.32 Å². The average Bonchev–Trinajstić information content (AvgIpc) is 3.22. The molecule has 2 heterocycles. The Morgan fingerprint density at radius 2 is 2.00 bits per heavy atom. The lowest BCUT2D eigenvalue weighted by molar-refractivity contribution is -0.116. The molecule has 4 rings (SSSR count). The summed E-state index contributed by atoms with van der Waals surface area (Å²) in [7, 11) is -2.42. The van der Waals surface area contributed by atoms with Crippen LogP contribution in [0.15, 0.2) is 53.0 Å². The molecule has 1 aromatic carbocycles. The van der Waals surface area contributed by atoms with E-state index in [1.807, 2.05) is 5.38 Å². The van der Waals surface area contributed by atoms with Gasteiger partial charge in [0, 0.05) is 30.4 Å². The summed E-state index contributed by atoms with van der Waals surface area (Å²) in [6.45, 7) is -0.314. The minimum absolute atomic E-state index is 0.0456. The van der Waals surface area contributed by atoms with Crippen LogP contribution in [0.4, 0.5) is 5.13 Å². The Hall–Kier alpha value is -2.62. The fraction of sp³-hybridized carbons (Fsp3) is 0.286. The summed E-state index contributed by atoms with van der Waals surface area (Å²) in [6.07, 6.45) is 7.43. The zero-order valence-electron chi connectivity index (χ0n) is 16.5. The molecular weight excluding hydrogens is 420 g/mol. The number of rotatable bonds is 6. The zero-order chi connectivity index (χ0) is 21.1. The molecule has 0 spiro atoms. The molecule has 0 bridgehead atoms. The molecule has 0 fully saturated rings. The minimum Gasteiger partial charge on any atom is -0.301 e. The van der Waals surface area contributed by atoms with Gasteiger partial charge >= 0.3 is 0 Å². The Morgan fingerprint density at radius 3 is 2.77 bits per heavy atom. The second-order valence-electron chi connectivity index (χ2n) is 7.23. The van der Waals surface area contributed by atoms with Crippen LogP contribution in [0.25, 0.3) is 11.3 Å². The van der Waals surface area contributed by atoms with Crippen molar-refractivity contribution < 1.29 is 13.2 Å². The zero-order valence-corrected chi connectivity index (χ0v) is 18.2. The van der Waals surface area contributed by atoms with Gasteiger partial charge in [-0.05, 0) is 55.0 Å². The number of fused-ring (bicyclic) bond motifs is 1. The molecule has 1 N–H and O–H groups in total. The van der Waals surface area contributed by atoms with Crippen molar-refractivity contribution >= 4 is 32.4 Å². The molecule has 0 saturated carbocycles. The van der Waals surface area contributed by atoms with E-state index < -0.39 is 15.9 Å². The van der Waals surface area contributed by atoms with E-state index in [0.717, 1.165) is 28.4 Å². The average molecular weight is 443 g/mol. The molecule has 7 nitrogen and oxygen atoms in total. The van der Waals surface area contributed by atoms with E-state index in [1.54, 1.807) is 6.07 Å². The van der Waals surface area contributed by atoms with E-state index in [1.165, 1.54) is 60.8 Å². The molecule has 1 amide bonds. The van der Waals surface area contributed by atoms with Gasteiger partial charge in [0.2, 0.25) is 15.9 Å². The van der Waals surface area contributed by atoms with Gasteiger partial charge in [-0.15, -0.1) is 11.3 Å². The van der Waals surface area contributed by atoms with E-state index in [0.29, 0.717) is 5.13 Å². The molecule has 0 saturated heterocycles. The topological polar surface area (TPSA) is 92.3 Å². The first-order valence-corrected chi connectivity index (χ1v) is 12.0. The van der Waals surface area contributed by atoms with Crippen LogP contribution >= 0.6 is 11.3 Å². The smallest absolute Gasteiger partial charge is 0.244 e. The third-order valence-corrected chi connectivity index (χ3v) is 7.65. The van der Waals surface area contributed by atoms with Crippen LogP contribution in [0.1, 0.15) is 24.0 Å². The molecular formula is C21H22N4O3S2. The number of aromatic nitrogens is 2. The Bertz CT molecular complexity index is 1160. The monoisotopic (exact) mass is 442 g/mol. The van der Waals surface area contributed by atoms with E-state index in [2.05, 4.69) is 33.5 Å². The Labute approximate surface area is 179 Å². The summed E-state index contributed by atoms with van der Waals surface area (Å²) < 4.78 is 26.0. The molecule has 30 heavy (non-hydrogen) atoms. The number of thiazole rings is 1. The third kappa shape index (κ3) is 4.43. The number of hydrogen-bond acceptors (Lipinski definition) is 6. The molecule has 1 aliphatic rings. The van der Waals surface area contributed by atoms with Crippen molar-refractivity contribution in [2.75, 3.05) is 18.9 Å². The number of likely N-dealkylation sites (N-methyl/N-ethyl adjacent to an activating group) is 1. The second-order valence-corrected chi connectivity index (χ2v) is 10.1. The number of carbonyl (C=O) groups is 1. The number of benzene rings is 1. The number of pyridine rings is 1. The van der Waals surface area contributed by atoms with Gasteiger partial charge in [-0.2, -0.15) is 4.31 Å². The normalized spacial score (nSPS) is 13.8. The lowest BCUT2D eigenvalue weighted by Crippen LogP contribution is -2.35. The first-order valence-electron chi connectivity index (χ1n) is 9.67. The van der Waals surface area contributed by atoms with Crippen LogP contribution in [0.5, 0.6) is 0 Å². The van der Waals surface area contributed by atoms with Gasteiger partial charge in [-0.3, -0.25) is 9.78 Å². The number of aryl methyl sites for hydroxylation is 2. The molecule has 1 aliphatic carbocycles. The highest BCUT2D eigenvalue weighted by molar-refractivity contribution is 7.89. The van der Waals surface area contributed by atoms with E-state index >= 15 is 0 Å². The molecule has 156 valence electrons. The fourth-order valence-corrected chi connectivity index (χ4v) is 5.31. The van der Waals surface area contributed by atoms with Gasteiger partial charge in [0.15, 0.2) is 5.13 Å². The van der Waals surface area contributed by atoms with Gasteiger partial charge in [0.05, 0.1) is 12.2 Å². The lowest BCUT2D eigenvalue weighted by atomic mass is 9.90. The summed E-state index contributed by atoms with van der Waals surface area (Å²) in [5.74, 6) is -0.448. The molecule has 0 unspecified atom stereocenters. The summed E-state index contributed by atoms with van der Waals surface area (Å²) in [4.78, 5) is 20.7. The standard InChI is InChI=1S/C21H22N4O3S2/c1-25(30(27,28)18-7-4-10-22-12-18)13-20(26)24-21-23-19(14-29-21)17-9-8-15-5-2-3-6-16(15)11-17/h4,7-12,14H,2-3,5-6,13H2,1H3,(H,23,24,26). The maximum atomic E-state index is 12.5. The van der Waals surface area contributed by atoms with Crippen molar-refractivity contribution in [3.8, 4) is 11.3 Å². The van der Waals surface area contributed by atoms with E-state index in [9.17, 15) is 13.2 Å². The predicted octanol–water partition coefficient (Wildman–Crippen LogP) is 3.34. The van der Waals surface area contributed by atoms with Crippen LogP contribution in [0.3, 0.4) is 0 Å². The Morgan fingerprint density at radius 1 is 1.20 bits per heavy atom. The predicted molar refractivity (Wildman–Crippen MR) is 117 cm³/mol. The molecule has 3 aromatic rings. The Balaban J connectivity index is 1.42. The lowest BCUT2D eigenvalue weighted by Gasteiger charge is -2.16. The second kappa shape index (κ2) is 8.63. The number of carbonyl (C=O) groups excluding carboxylic acids is 1. The van der Waals surface area contributed by atoms with Crippen LogP contribution in [-0.4, -0.2) is 42.2 Å². The van der Waals surface area contributed by atoms with Crippen molar-refractivity contribution in [2.24, 2.45) is 0 Å². The highest BCUT2D eigenvalue weighted by Crippen LogP contribution is 2.29. The quantitative estimate of drug-likeness (QED) is 0.632. The molecule has 2 aromatic heterocycles. The summed E-state index contributed by atoms with van der Waals surface area (Å²) in [5, 5.41) is 5.04. The van der Waals surface area contributed by atoms with Gasteiger partial charge in [-0.1, -0.05) is 12.1 Å². The van der Waals surface area contributed by atoms with Crippen LogP contribution in [-0.2, 0) is 27.7 Å². The Kier molecular flexibility index (Phi) is 5.94. The van der Waals surface area contributed by atoms with Gasteiger partial charge < -0.3 is 5.32 Å². The number of anilines is 1. The van der Waals surface area contributed by atoms with Gasteiger partial charge in [0.25, 0.3) is 0 Å². The SMILES string of the molecule is CN(CC(=O)Nc1nc(-c2ccc3c(c2)CCCC3)cs1)S(=O)(=O)c1cccnc1. The first-order chi connectivity index (χ1) is 14.4. The summed E-state index contributed by atoms with van der Waals surface area (Å²) in [5.41, 5.74) is 4.62. The van der Waals surface area contributed by atoms with Gasteiger partial charge in [-0.25, -0.2) is 13.4 Å². The molecule has 0 radical (unpaired) electrons. The molecule has 0 aliphatic heterocycles. The number of hydrogen-bond donors (Lipinski definition) is 1. The van der Waals surface area contributed by atoms with Crippen LogP contribution in [0.2, 0.25) is 0 Å². The number of sulfonamides is 1. The minimum atomic E-state index is -3.78. The largest absolute Gasteiger partial charge is 0.301 e. The number of nitrogens with one attached hydrogen (secondary N) is 1. The highest BCUT2D eigenvalue weighted by atomic mass is 32.2. The summed E-state index contributed by atoms with van der Waals surface area (Å²) >= 11 is 1.32. The van der Waals surface area contributed by atoms with E-state index in [4.69, 9.17) is 0 Å². The number of amides is 1. The maximum Gasteiger partial charge on any atom is 0.244 e. The number of nitrogens with zero attached hydrogens (tertiary/aromatic N) is 3. The van der Waals surface area contributed by atoms with Crippen molar-refractivity contribution in [3.63, 3.8) is 0 Å². The molecule has 0 atom stereocenters. The van der Waals surface area contributed by atoms with Crippen molar-refractivity contribution in [3.05, 3.63) is 59.2 Å². The highest BCUT2D eigenvalue weighted by Gasteiger charge is 2.23. The fourth-order valence-electron chi connectivity index (χ4n) is 3.48. The summed E-state index contributed by atoms with van der Waals surface area (Å²) in [6, 6.07) is 9.41. The van der Waals surface area contributed by atoms with Crippen LogP contribution in [0, 0.1) is 0 Å². The van der Waals surface area contributed by atoms with Gasteiger partial charge in [0.1, 0.15) is 4.90 Å². The maximum absolute atomic E-state index is 12.5. The van der Waals surface area contributed by atoms with E-state index in [-0.39, 0.29) is 11.4 Å². The van der Waals surface area contributed by atoms with Crippen molar-refractivity contribution in [2.45, 2.75) is 30.6 Å². The van der Waals surface area contributed by atoms with Crippen molar-refractivity contribution in [1.82, 2.24) is 14.3 Å². The first kappa shape index (κ1) is 20.6.